The summed E-state index contributed by atoms with van der Waals surface area (Å²) in [5.41, 5.74) is 3.65. The van der Waals surface area contributed by atoms with Crippen molar-refractivity contribution in [3.05, 3.63) is 34.7 Å². The van der Waals surface area contributed by atoms with E-state index in [1.54, 1.807) is 6.26 Å². The van der Waals surface area contributed by atoms with Crippen molar-refractivity contribution in [2.45, 2.75) is 26.2 Å². The van der Waals surface area contributed by atoms with E-state index in [0.29, 0.717) is 0 Å². The number of nitrogens with zero attached hydrogens (tertiary/aromatic N) is 2. The number of aromatic nitrogens is 2. The molecule has 3 nitrogen and oxygen atoms in total. The van der Waals surface area contributed by atoms with Gasteiger partial charge in [0, 0.05) is 10.6 Å². The normalized spacial score (nSPS) is 14.6. The molecule has 0 bridgehead atoms. The minimum absolute atomic E-state index is 0.866. The number of fused-ring (bicyclic) bond motifs is 3. The van der Waals surface area contributed by atoms with Gasteiger partial charge in [-0.1, -0.05) is 0 Å². The summed E-state index contributed by atoms with van der Waals surface area (Å²) in [5, 5.41) is 0. The second-order valence-electron chi connectivity index (χ2n) is 4.47. The molecule has 86 valence electrons. The van der Waals surface area contributed by atoms with Crippen LogP contribution in [0.25, 0.3) is 16.4 Å². The molecule has 17 heavy (non-hydrogen) atoms. The molecule has 0 unspecified atom stereocenters. The van der Waals surface area contributed by atoms with Crippen LogP contribution >= 0.6 is 11.3 Å². The van der Waals surface area contributed by atoms with Crippen molar-refractivity contribution in [3.8, 4) is 11.5 Å². The predicted octanol–water partition coefficient (Wildman–Crippen LogP) is 3.45. The van der Waals surface area contributed by atoms with Gasteiger partial charge in [-0.05, 0) is 38.3 Å². The van der Waals surface area contributed by atoms with Crippen LogP contribution in [-0.4, -0.2) is 9.38 Å². The molecule has 0 fully saturated rings. The van der Waals surface area contributed by atoms with Crippen molar-refractivity contribution >= 4 is 16.3 Å². The smallest absolute Gasteiger partial charge is 0.195 e. The molecular formula is C13H12N2OS. The zero-order valence-corrected chi connectivity index (χ0v) is 10.4. The maximum absolute atomic E-state index is 5.45. The van der Waals surface area contributed by atoms with E-state index in [1.807, 2.05) is 23.5 Å². The molecule has 4 heteroatoms. The number of furan rings is 1. The molecule has 0 amide bonds. The molecule has 0 aliphatic heterocycles. The lowest BCUT2D eigenvalue weighted by atomic mass is 10.3. The van der Waals surface area contributed by atoms with Gasteiger partial charge in [-0.3, -0.25) is 4.40 Å². The van der Waals surface area contributed by atoms with Crippen LogP contribution in [-0.2, 0) is 12.8 Å². The van der Waals surface area contributed by atoms with E-state index in [4.69, 9.17) is 9.40 Å². The Morgan fingerprint density at radius 2 is 2.35 bits per heavy atom. The average molecular weight is 244 g/mol. The molecular weight excluding hydrogens is 232 g/mol. The number of aryl methyl sites for hydroxylation is 3. The first-order valence-corrected chi connectivity index (χ1v) is 6.70. The van der Waals surface area contributed by atoms with E-state index < -0.39 is 0 Å². The van der Waals surface area contributed by atoms with Crippen molar-refractivity contribution < 1.29 is 4.42 Å². The lowest BCUT2D eigenvalue weighted by Crippen LogP contribution is -1.91. The molecule has 3 heterocycles. The minimum Gasteiger partial charge on any atom is -0.463 e. The number of rotatable bonds is 1. The SMILES string of the molecule is Cc1c(-c2ccco2)nc2sc3c(n12)CCC3. The average Bonchev–Trinajstić information content (AvgIpc) is 3.00. The topological polar surface area (TPSA) is 30.4 Å². The van der Waals surface area contributed by atoms with E-state index in [2.05, 4.69) is 11.3 Å². The van der Waals surface area contributed by atoms with E-state index in [1.165, 1.54) is 35.5 Å². The standard InChI is InChI=1S/C13H12N2OS/c1-8-12(10-5-3-7-16-10)14-13-15(8)9-4-2-6-11(9)17-13/h3,5,7H,2,4,6H2,1H3. The van der Waals surface area contributed by atoms with Crippen molar-refractivity contribution in [2.24, 2.45) is 0 Å². The maximum atomic E-state index is 5.45. The molecule has 0 radical (unpaired) electrons. The zero-order valence-electron chi connectivity index (χ0n) is 9.56. The summed E-state index contributed by atoms with van der Waals surface area (Å²) in [6, 6.07) is 3.88. The zero-order chi connectivity index (χ0) is 11.4. The first-order valence-electron chi connectivity index (χ1n) is 5.88. The van der Waals surface area contributed by atoms with Gasteiger partial charge >= 0.3 is 0 Å². The fraction of sp³-hybridized carbons (Fsp3) is 0.308. The van der Waals surface area contributed by atoms with Crippen LogP contribution in [0.1, 0.15) is 22.7 Å². The van der Waals surface area contributed by atoms with Gasteiger partial charge in [0.05, 0.1) is 12.0 Å². The molecule has 1 aliphatic rings. The van der Waals surface area contributed by atoms with Gasteiger partial charge in [-0.25, -0.2) is 4.98 Å². The Kier molecular flexibility index (Phi) is 1.80. The molecule has 0 saturated heterocycles. The highest BCUT2D eigenvalue weighted by atomic mass is 32.1. The molecule has 0 aromatic carbocycles. The summed E-state index contributed by atoms with van der Waals surface area (Å²) >= 11 is 1.83. The van der Waals surface area contributed by atoms with Crippen LogP contribution in [0.3, 0.4) is 0 Å². The van der Waals surface area contributed by atoms with E-state index in [-0.39, 0.29) is 0 Å². The Morgan fingerprint density at radius 3 is 3.18 bits per heavy atom. The van der Waals surface area contributed by atoms with Crippen molar-refractivity contribution in [2.75, 3.05) is 0 Å². The molecule has 4 rings (SSSR count). The Balaban J connectivity index is 2.02. The van der Waals surface area contributed by atoms with Crippen LogP contribution in [0.5, 0.6) is 0 Å². The van der Waals surface area contributed by atoms with Crippen LogP contribution in [0, 0.1) is 6.92 Å². The number of thiazole rings is 1. The summed E-state index contributed by atoms with van der Waals surface area (Å²) in [5.74, 6) is 0.866. The number of hydrogen-bond acceptors (Lipinski definition) is 3. The summed E-state index contributed by atoms with van der Waals surface area (Å²) < 4.78 is 7.76. The highest BCUT2D eigenvalue weighted by Crippen LogP contribution is 2.35. The van der Waals surface area contributed by atoms with E-state index >= 15 is 0 Å². The van der Waals surface area contributed by atoms with Crippen molar-refractivity contribution in [1.82, 2.24) is 9.38 Å². The fourth-order valence-corrected chi connectivity index (χ4v) is 3.92. The van der Waals surface area contributed by atoms with Gasteiger partial charge in [-0.2, -0.15) is 0 Å². The van der Waals surface area contributed by atoms with Gasteiger partial charge < -0.3 is 4.42 Å². The van der Waals surface area contributed by atoms with Crippen LogP contribution in [0.2, 0.25) is 0 Å². The highest BCUT2D eigenvalue weighted by molar-refractivity contribution is 7.17. The quantitative estimate of drug-likeness (QED) is 0.656. The summed E-state index contributed by atoms with van der Waals surface area (Å²) in [7, 11) is 0. The lowest BCUT2D eigenvalue weighted by molar-refractivity contribution is 0.580. The van der Waals surface area contributed by atoms with Crippen LogP contribution in [0.4, 0.5) is 0 Å². The summed E-state index contributed by atoms with van der Waals surface area (Å²) in [4.78, 5) is 7.33. The monoisotopic (exact) mass is 244 g/mol. The first-order chi connectivity index (χ1) is 8.34. The Hall–Kier alpha value is -1.55. The molecule has 1 aliphatic carbocycles. The van der Waals surface area contributed by atoms with Gasteiger partial charge in [0.15, 0.2) is 10.7 Å². The largest absolute Gasteiger partial charge is 0.463 e. The van der Waals surface area contributed by atoms with Gasteiger partial charge in [-0.15, -0.1) is 11.3 Å². The van der Waals surface area contributed by atoms with Gasteiger partial charge in [0.2, 0.25) is 0 Å². The molecule has 0 N–H and O–H groups in total. The lowest BCUT2D eigenvalue weighted by Gasteiger charge is -1.97. The van der Waals surface area contributed by atoms with Gasteiger partial charge in [0.25, 0.3) is 0 Å². The molecule has 0 atom stereocenters. The third-order valence-corrected chi connectivity index (χ3v) is 4.60. The summed E-state index contributed by atoms with van der Waals surface area (Å²) in [6.45, 7) is 2.13. The molecule has 0 spiro atoms. The second kappa shape index (κ2) is 3.23. The third kappa shape index (κ3) is 1.19. The maximum Gasteiger partial charge on any atom is 0.195 e. The van der Waals surface area contributed by atoms with Crippen molar-refractivity contribution in [1.29, 1.82) is 0 Å². The molecule has 3 aromatic rings. The minimum atomic E-state index is 0.866. The van der Waals surface area contributed by atoms with Crippen molar-refractivity contribution in [3.63, 3.8) is 0 Å². The van der Waals surface area contributed by atoms with E-state index in [0.717, 1.165) is 16.4 Å². The van der Waals surface area contributed by atoms with Gasteiger partial charge in [0.1, 0.15) is 5.69 Å². The molecule has 3 aromatic heterocycles. The Labute approximate surface area is 103 Å². The summed E-state index contributed by atoms with van der Waals surface area (Å²) in [6.07, 6.45) is 5.39. The van der Waals surface area contributed by atoms with E-state index in [9.17, 15) is 0 Å². The number of imidazole rings is 1. The predicted molar refractivity (Wildman–Crippen MR) is 67.5 cm³/mol. The first kappa shape index (κ1) is 9.48. The van der Waals surface area contributed by atoms with Crippen LogP contribution in [0.15, 0.2) is 22.8 Å². The molecule has 0 saturated carbocycles. The van der Waals surface area contributed by atoms with Crippen LogP contribution < -0.4 is 0 Å². The second-order valence-corrected chi connectivity index (χ2v) is 5.53. The highest BCUT2D eigenvalue weighted by Gasteiger charge is 2.22. The Morgan fingerprint density at radius 1 is 1.41 bits per heavy atom. The number of hydrogen-bond donors (Lipinski definition) is 0. The third-order valence-electron chi connectivity index (χ3n) is 3.46. The Bertz CT molecular complexity index is 691. The fourth-order valence-electron chi connectivity index (χ4n) is 2.67.